The van der Waals surface area contributed by atoms with E-state index in [1.54, 1.807) is 3.33 Å². The predicted molar refractivity (Wildman–Crippen MR) is 71.0 cm³/mol. The molecule has 0 heterocycles. The topological polar surface area (TPSA) is 0 Å². The minimum absolute atomic E-state index is 0. The minimum atomic E-state index is 0. The molecule has 0 bridgehead atoms. The molecule has 16 heavy (non-hydrogen) atoms. The Morgan fingerprint density at radius 2 is 2.00 bits per heavy atom. The van der Waals surface area contributed by atoms with Crippen LogP contribution in [-0.2, 0) is 30.8 Å². The summed E-state index contributed by atoms with van der Waals surface area (Å²) < 4.78 is 1.62. The van der Waals surface area contributed by atoms with Crippen LogP contribution in [0.15, 0.2) is 39.7 Å². The van der Waals surface area contributed by atoms with Gasteiger partial charge < -0.3 is 0 Å². The summed E-state index contributed by atoms with van der Waals surface area (Å²) in [6.45, 7) is 2.21. The van der Waals surface area contributed by atoms with Crippen molar-refractivity contribution in [2.45, 2.75) is 19.8 Å². The van der Waals surface area contributed by atoms with E-state index in [1.807, 2.05) is 0 Å². The number of aryl methyl sites for hydroxylation is 1. The first-order valence-corrected chi connectivity index (χ1v) is 6.81. The third-order valence-electron chi connectivity index (χ3n) is 2.58. The summed E-state index contributed by atoms with van der Waals surface area (Å²) in [6, 6.07) is 8.92. The number of allylic oxidation sites excluding steroid dienone is 4. The average molecular weight is 421 g/mol. The van der Waals surface area contributed by atoms with Gasteiger partial charge in [0.25, 0.3) is 0 Å². The van der Waals surface area contributed by atoms with Crippen molar-refractivity contribution in [3.05, 3.63) is 50.9 Å². The smallest absolute Gasteiger partial charge is 0.147 e. The first kappa shape index (κ1) is 16.2. The molecule has 1 aromatic rings. The van der Waals surface area contributed by atoms with Crippen LogP contribution in [-0.4, -0.2) is 0 Å². The van der Waals surface area contributed by atoms with Gasteiger partial charge in [-0.3, -0.25) is 0 Å². The molecular weight excluding hydrogens is 406 g/mol. The van der Waals surface area contributed by atoms with Crippen molar-refractivity contribution in [3.8, 4) is 0 Å². The fraction of sp³-hybridized carbons (Fsp3) is 0.231. The minimum Gasteiger partial charge on any atom is -0.147 e. The van der Waals surface area contributed by atoms with E-state index in [2.05, 4.69) is 43.3 Å². The molecule has 0 amide bonds. The van der Waals surface area contributed by atoms with Gasteiger partial charge in [-0.25, -0.2) is 0 Å². The summed E-state index contributed by atoms with van der Waals surface area (Å²) in [5.41, 5.74) is 4.32. The molecule has 0 atom stereocenters. The van der Waals surface area contributed by atoms with Crippen molar-refractivity contribution in [2.24, 2.45) is 0 Å². The maximum atomic E-state index is 2.32. The summed E-state index contributed by atoms with van der Waals surface area (Å²) in [6.07, 6.45) is 6.85. The normalized spacial score (nSPS) is 13.2. The molecule has 0 radical (unpaired) electrons. The maximum Gasteiger partial charge on any atom is -0.147 e. The van der Waals surface area contributed by atoms with Crippen LogP contribution in [0.3, 0.4) is 0 Å². The zero-order valence-corrected chi connectivity index (χ0v) is 14.4. The molecule has 0 saturated carbocycles. The SMILES string of the molecule is CCc1cccc(C2=[C]([Hf])CC=C2)c1.Cl.Cl. The van der Waals surface area contributed by atoms with Crippen molar-refractivity contribution in [1.29, 1.82) is 0 Å². The van der Waals surface area contributed by atoms with Crippen LogP contribution in [0, 0.1) is 0 Å². The van der Waals surface area contributed by atoms with Crippen molar-refractivity contribution in [3.63, 3.8) is 0 Å². The first-order valence-electron chi connectivity index (χ1n) is 5.02. The summed E-state index contributed by atoms with van der Waals surface area (Å²) in [5, 5.41) is 0. The summed E-state index contributed by atoms with van der Waals surface area (Å²) in [4.78, 5) is 0. The molecule has 1 aliphatic rings. The first-order chi connectivity index (χ1) is 6.81. The van der Waals surface area contributed by atoms with Crippen LogP contribution >= 0.6 is 24.8 Å². The Bertz CT molecular complexity index is 408. The van der Waals surface area contributed by atoms with E-state index in [0.717, 1.165) is 6.42 Å². The van der Waals surface area contributed by atoms with Gasteiger partial charge in [0, 0.05) is 0 Å². The van der Waals surface area contributed by atoms with Crippen LogP contribution in [0.25, 0.3) is 5.57 Å². The third kappa shape index (κ3) is 3.58. The molecule has 2 rings (SSSR count). The van der Waals surface area contributed by atoms with E-state index < -0.39 is 0 Å². The number of hydrogen-bond acceptors (Lipinski definition) is 0. The Morgan fingerprint density at radius 3 is 2.56 bits per heavy atom. The van der Waals surface area contributed by atoms with Crippen LogP contribution in [0.2, 0.25) is 0 Å². The maximum absolute atomic E-state index is 2.32. The Labute approximate surface area is 125 Å². The molecule has 0 unspecified atom stereocenters. The summed E-state index contributed by atoms with van der Waals surface area (Å²) >= 11 is 1.19. The molecule has 0 aliphatic heterocycles. The third-order valence-corrected chi connectivity index (χ3v) is 4.28. The average Bonchev–Trinajstić information content (AvgIpc) is 2.65. The molecule has 0 fully saturated rings. The van der Waals surface area contributed by atoms with Crippen LogP contribution in [0.1, 0.15) is 24.5 Å². The molecule has 0 spiro atoms. The van der Waals surface area contributed by atoms with Crippen LogP contribution < -0.4 is 0 Å². The van der Waals surface area contributed by atoms with Crippen molar-refractivity contribution >= 4 is 30.4 Å². The predicted octanol–water partition coefficient (Wildman–Crippen LogP) is 4.31. The number of benzene rings is 1. The van der Waals surface area contributed by atoms with Crippen molar-refractivity contribution in [2.75, 3.05) is 0 Å². The van der Waals surface area contributed by atoms with Crippen molar-refractivity contribution < 1.29 is 24.4 Å². The standard InChI is InChI=1S/C13H13.2ClH.Hf/c1-2-11-6-5-9-13(10-11)12-7-3-4-8-12;;;/h3,5-7,9-10H,2,4H2,1H3;2*1H;. The number of halogens is 2. The van der Waals surface area contributed by atoms with Gasteiger partial charge in [-0.15, -0.1) is 24.8 Å². The molecule has 85 valence electrons. The molecule has 1 aromatic carbocycles. The fourth-order valence-electron chi connectivity index (χ4n) is 1.73. The van der Waals surface area contributed by atoms with Gasteiger partial charge in [-0.05, 0) is 0 Å². The Balaban J connectivity index is 0.00000112. The molecule has 0 saturated heterocycles. The summed E-state index contributed by atoms with van der Waals surface area (Å²) in [7, 11) is 0. The molecule has 1 aliphatic carbocycles. The van der Waals surface area contributed by atoms with E-state index in [-0.39, 0.29) is 24.8 Å². The van der Waals surface area contributed by atoms with E-state index in [4.69, 9.17) is 0 Å². The fourth-order valence-corrected chi connectivity index (χ4v) is 2.98. The monoisotopic (exact) mass is 421 g/mol. The van der Waals surface area contributed by atoms with Crippen molar-refractivity contribution in [1.82, 2.24) is 0 Å². The molecule has 0 nitrogen and oxygen atoms in total. The van der Waals surface area contributed by atoms with Crippen LogP contribution in [0.4, 0.5) is 0 Å². The van der Waals surface area contributed by atoms with E-state index in [0.29, 0.717) is 0 Å². The molecule has 0 N–H and O–H groups in total. The van der Waals surface area contributed by atoms with Gasteiger partial charge in [-0.2, -0.15) is 0 Å². The molecular formula is C13H15Cl2Hf. The van der Waals surface area contributed by atoms with Gasteiger partial charge in [-0.1, -0.05) is 0 Å². The van der Waals surface area contributed by atoms with Gasteiger partial charge in [0.2, 0.25) is 0 Å². The van der Waals surface area contributed by atoms with E-state index in [9.17, 15) is 0 Å². The molecule has 3 heteroatoms. The van der Waals surface area contributed by atoms with Crippen LogP contribution in [0.5, 0.6) is 0 Å². The zero-order chi connectivity index (χ0) is 9.97. The number of hydrogen-bond donors (Lipinski definition) is 0. The van der Waals surface area contributed by atoms with Gasteiger partial charge in [0.1, 0.15) is 0 Å². The number of rotatable bonds is 2. The van der Waals surface area contributed by atoms with E-state index in [1.165, 1.54) is 47.5 Å². The largest absolute Gasteiger partial charge is 0.147 e. The second kappa shape index (κ2) is 7.47. The second-order valence-corrected chi connectivity index (χ2v) is 5.72. The Kier molecular flexibility index (Phi) is 7.54. The molecule has 0 aromatic heterocycles. The van der Waals surface area contributed by atoms with E-state index >= 15 is 0 Å². The van der Waals surface area contributed by atoms with Gasteiger partial charge in [0.05, 0.1) is 0 Å². The van der Waals surface area contributed by atoms with Gasteiger partial charge in [0.15, 0.2) is 0 Å². The van der Waals surface area contributed by atoms with Gasteiger partial charge >= 0.3 is 101 Å². The second-order valence-electron chi connectivity index (χ2n) is 3.55. The Hall–Kier alpha value is 0.150. The Morgan fingerprint density at radius 1 is 1.25 bits per heavy atom. The summed E-state index contributed by atoms with van der Waals surface area (Å²) in [5.74, 6) is 0. The zero-order valence-electron chi connectivity index (χ0n) is 9.19. The quantitative estimate of drug-likeness (QED) is 0.626.